The lowest BCUT2D eigenvalue weighted by Crippen LogP contribution is -2.34. The number of nitrogens with zero attached hydrogens (tertiary/aromatic N) is 3. The Labute approximate surface area is 185 Å². The molecule has 0 saturated heterocycles. The van der Waals surface area contributed by atoms with Crippen molar-refractivity contribution < 1.29 is 22.4 Å². The highest BCUT2D eigenvalue weighted by atomic mass is 19.4. The number of carbonyl (C=O) groups is 1. The van der Waals surface area contributed by atoms with E-state index in [1.54, 1.807) is 6.07 Å². The Bertz CT molecular complexity index is 1300. The first-order valence-corrected chi connectivity index (χ1v) is 9.61. The summed E-state index contributed by atoms with van der Waals surface area (Å²) in [6.45, 7) is 1.45. The number of hydrogen-bond donors (Lipinski definition) is 2. The van der Waals surface area contributed by atoms with Crippen LogP contribution < -0.4 is 16.1 Å². The van der Waals surface area contributed by atoms with E-state index in [2.05, 4.69) is 15.7 Å². The third kappa shape index (κ3) is 5.17. The number of rotatable bonds is 6. The van der Waals surface area contributed by atoms with Gasteiger partial charge in [-0.3, -0.25) is 9.59 Å². The zero-order valence-electron chi connectivity index (χ0n) is 17.2. The molecule has 11 heteroatoms. The molecule has 0 fully saturated rings. The van der Waals surface area contributed by atoms with Crippen molar-refractivity contribution in [2.75, 3.05) is 18.4 Å². The van der Waals surface area contributed by atoms with E-state index in [0.29, 0.717) is 0 Å². The highest BCUT2D eigenvalue weighted by molar-refractivity contribution is 5.92. The summed E-state index contributed by atoms with van der Waals surface area (Å²) in [5.41, 5.74) is -2.47. The van der Waals surface area contributed by atoms with E-state index in [9.17, 15) is 27.2 Å². The Balaban J connectivity index is 1.78. The fourth-order valence-electron chi connectivity index (χ4n) is 3.09. The van der Waals surface area contributed by atoms with Gasteiger partial charge < -0.3 is 10.6 Å². The maximum absolute atomic E-state index is 13.6. The molecule has 3 aromatic rings. The van der Waals surface area contributed by atoms with Crippen LogP contribution >= 0.6 is 0 Å². The maximum Gasteiger partial charge on any atom is 0.418 e. The smallest absolute Gasteiger partial charge is 0.382 e. The molecule has 0 atom stereocenters. The molecule has 0 saturated carbocycles. The van der Waals surface area contributed by atoms with Crippen molar-refractivity contribution in [2.24, 2.45) is 0 Å². The number of nitriles is 1. The third-order valence-electron chi connectivity index (χ3n) is 4.61. The number of para-hydroxylation sites is 1. The Morgan fingerprint density at radius 3 is 2.58 bits per heavy atom. The predicted octanol–water partition coefficient (Wildman–Crippen LogP) is 3.41. The van der Waals surface area contributed by atoms with Crippen LogP contribution in [-0.4, -0.2) is 28.8 Å². The molecule has 7 nitrogen and oxygen atoms in total. The molecule has 0 unspecified atom stereocenters. The van der Waals surface area contributed by atoms with Gasteiger partial charge in [0.1, 0.15) is 17.4 Å². The van der Waals surface area contributed by atoms with Crippen molar-refractivity contribution in [2.45, 2.75) is 13.1 Å². The van der Waals surface area contributed by atoms with Gasteiger partial charge in [0.05, 0.1) is 16.9 Å². The summed E-state index contributed by atoms with van der Waals surface area (Å²) in [5, 5.41) is 18.1. The van der Waals surface area contributed by atoms with E-state index in [-0.39, 0.29) is 35.7 Å². The largest absolute Gasteiger partial charge is 0.418 e. The molecule has 3 rings (SSSR count). The fraction of sp³-hybridized carbons (Fsp3) is 0.182. The quantitative estimate of drug-likeness (QED) is 0.435. The molecule has 1 heterocycles. The molecule has 33 heavy (non-hydrogen) atoms. The van der Waals surface area contributed by atoms with Crippen LogP contribution in [0.4, 0.5) is 23.2 Å². The minimum absolute atomic E-state index is 0.0334. The summed E-state index contributed by atoms with van der Waals surface area (Å²) in [4.78, 5) is 24.8. The number of hydrogen-bond acceptors (Lipinski definition) is 5. The Morgan fingerprint density at radius 2 is 1.88 bits per heavy atom. The van der Waals surface area contributed by atoms with Gasteiger partial charge in [0.2, 0.25) is 5.43 Å². The maximum atomic E-state index is 13.6. The molecule has 2 N–H and O–H groups in total. The summed E-state index contributed by atoms with van der Waals surface area (Å²) in [5.74, 6) is -1.59. The van der Waals surface area contributed by atoms with Crippen LogP contribution in [-0.2, 0) is 6.18 Å². The van der Waals surface area contributed by atoms with Gasteiger partial charge in [0.25, 0.3) is 5.91 Å². The van der Waals surface area contributed by atoms with Crippen LogP contribution in [0.5, 0.6) is 0 Å². The Morgan fingerprint density at radius 1 is 1.15 bits per heavy atom. The topological polar surface area (TPSA) is 99.8 Å². The second-order valence-electron chi connectivity index (χ2n) is 6.88. The highest BCUT2D eigenvalue weighted by Gasteiger charge is 2.34. The number of aromatic nitrogens is 2. The second-order valence-corrected chi connectivity index (χ2v) is 6.88. The molecular formula is C22H17F4N5O2. The number of aryl methyl sites for hydroxylation is 1. The van der Waals surface area contributed by atoms with Gasteiger partial charge in [-0.25, -0.2) is 9.07 Å². The molecule has 170 valence electrons. The van der Waals surface area contributed by atoms with Crippen LogP contribution in [0, 0.1) is 24.1 Å². The van der Waals surface area contributed by atoms with Gasteiger partial charge >= 0.3 is 6.18 Å². The normalized spacial score (nSPS) is 11.0. The lowest BCUT2D eigenvalue weighted by molar-refractivity contribution is -0.137. The number of carbonyl (C=O) groups excluding carboxylic acids is 1. The average Bonchev–Trinajstić information content (AvgIpc) is 2.76. The zero-order chi connectivity index (χ0) is 24.2. The van der Waals surface area contributed by atoms with E-state index in [4.69, 9.17) is 5.26 Å². The zero-order valence-corrected chi connectivity index (χ0v) is 17.2. The first-order chi connectivity index (χ1) is 15.6. The van der Waals surface area contributed by atoms with Crippen molar-refractivity contribution in [1.29, 1.82) is 5.26 Å². The Kier molecular flexibility index (Phi) is 6.77. The van der Waals surface area contributed by atoms with Gasteiger partial charge in [-0.15, -0.1) is 0 Å². The molecule has 0 spiro atoms. The lowest BCUT2D eigenvalue weighted by atomic mass is 10.1. The molecular weight excluding hydrogens is 442 g/mol. The Hall–Kier alpha value is -4.20. The van der Waals surface area contributed by atoms with Crippen molar-refractivity contribution in [1.82, 2.24) is 15.1 Å². The number of alkyl halides is 3. The van der Waals surface area contributed by atoms with E-state index in [0.717, 1.165) is 22.9 Å². The fourth-order valence-corrected chi connectivity index (χ4v) is 3.09. The molecule has 0 radical (unpaired) electrons. The minimum Gasteiger partial charge on any atom is -0.382 e. The first-order valence-electron chi connectivity index (χ1n) is 9.61. The van der Waals surface area contributed by atoms with Gasteiger partial charge in [0, 0.05) is 24.8 Å². The average molecular weight is 459 g/mol. The molecule has 0 aliphatic heterocycles. The molecule has 2 aromatic carbocycles. The van der Waals surface area contributed by atoms with Crippen LogP contribution in [0.15, 0.2) is 53.3 Å². The van der Waals surface area contributed by atoms with E-state index < -0.39 is 34.6 Å². The van der Waals surface area contributed by atoms with E-state index in [1.165, 1.54) is 37.3 Å². The number of halogens is 4. The molecule has 0 bridgehead atoms. The van der Waals surface area contributed by atoms with E-state index in [1.807, 2.05) is 0 Å². The van der Waals surface area contributed by atoms with Gasteiger partial charge in [0.15, 0.2) is 5.69 Å². The van der Waals surface area contributed by atoms with Crippen LogP contribution in [0.3, 0.4) is 0 Å². The third-order valence-corrected chi connectivity index (χ3v) is 4.61. The molecule has 0 aliphatic rings. The minimum atomic E-state index is -4.67. The summed E-state index contributed by atoms with van der Waals surface area (Å²) in [7, 11) is 0. The van der Waals surface area contributed by atoms with E-state index >= 15 is 0 Å². The monoisotopic (exact) mass is 459 g/mol. The van der Waals surface area contributed by atoms with Crippen molar-refractivity contribution in [3.05, 3.63) is 87.1 Å². The summed E-state index contributed by atoms with van der Waals surface area (Å²) < 4.78 is 54.7. The van der Waals surface area contributed by atoms with Gasteiger partial charge in [-0.1, -0.05) is 18.2 Å². The van der Waals surface area contributed by atoms with Crippen molar-refractivity contribution in [3.63, 3.8) is 0 Å². The number of anilines is 1. The summed E-state index contributed by atoms with van der Waals surface area (Å²) in [6, 6.07) is 11.5. The summed E-state index contributed by atoms with van der Waals surface area (Å²) in [6.07, 6.45) is -4.67. The highest BCUT2D eigenvalue weighted by Crippen LogP contribution is 2.33. The van der Waals surface area contributed by atoms with Crippen LogP contribution in [0.25, 0.3) is 5.69 Å². The number of nitrogens with one attached hydrogen (secondary N) is 2. The van der Waals surface area contributed by atoms with Crippen molar-refractivity contribution >= 4 is 11.6 Å². The molecule has 1 aromatic heterocycles. The number of benzene rings is 2. The molecule has 0 aliphatic carbocycles. The SMILES string of the molecule is Cc1cc(=O)c(C(=O)NCCNc2cccc(F)c2C#N)nn1-c1ccccc1C(F)(F)F. The van der Waals surface area contributed by atoms with Crippen LogP contribution in [0.1, 0.15) is 27.3 Å². The molecule has 1 amide bonds. The lowest BCUT2D eigenvalue weighted by Gasteiger charge is -2.16. The standard InChI is InChI=1S/C22H17F4N5O2/c1-13-11-19(32)20(30-31(13)18-8-3-2-5-15(18)22(24,25)26)21(33)29-10-9-28-17-7-4-6-16(23)14(17)12-27/h2-8,11,28H,9-10H2,1H3,(H,29,33). The van der Waals surface area contributed by atoms with Crippen molar-refractivity contribution in [3.8, 4) is 11.8 Å². The van der Waals surface area contributed by atoms with Gasteiger partial charge in [-0.2, -0.15) is 23.5 Å². The summed E-state index contributed by atoms with van der Waals surface area (Å²) >= 11 is 0. The van der Waals surface area contributed by atoms with Gasteiger partial charge in [-0.05, 0) is 31.2 Å². The number of amides is 1. The van der Waals surface area contributed by atoms with Crippen LogP contribution in [0.2, 0.25) is 0 Å². The second kappa shape index (κ2) is 9.52. The predicted molar refractivity (Wildman–Crippen MR) is 112 cm³/mol. The first kappa shape index (κ1) is 23.5.